The zero-order valence-corrected chi connectivity index (χ0v) is 19.7. The van der Waals surface area contributed by atoms with E-state index in [4.69, 9.17) is 5.73 Å². The number of nitrogens with two attached hydrogens (primary N) is 1. The molecule has 1 heterocycles. The number of anilines is 2. The minimum Gasteiger partial charge on any atom is -0.397 e. The largest absolute Gasteiger partial charge is 0.397 e. The van der Waals surface area contributed by atoms with Gasteiger partial charge < -0.3 is 15.7 Å². The van der Waals surface area contributed by atoms with Gasteiger partial charge in [0.25, 0.3) is 0 Å². The molecule has 1 aliphatic heterocycles. The molecule has 5 heteroatoms. The summed E-state index contributed by atoms with van der Waals surface area (Å²) >= 11 is 1.84. The Morgan fingerprint density at radius 2 is 1.97 bits per heavy atom. The molecule has 3 rings (SSSR count). The molecule has 1 saturated carbocycles. The molecule has 1 aromatic rings. The zero-order valence-electron chi connectivity index (χ0n) is 18.9. The Kier molecular flexibility index (Phi) is 7.35. The summed E-state index contributed by atoms with van der Waals surface area (Å²) in [5.74, 6) is 0.551. The van der Waals surface area contributed by atoms with Gasteiger partial charge in [0, 0.05) is 46.1 Å². The van der Waals surface area contributed by atoms with Gasteiger partial charge in [0.1, 0.15) is 0 Å². The monoisotopic (exact) mass is 427 g/mol. The highest BCUT2D eigenvalue weighted by Gasteiger charge is 2.28. The van der Waals surface area contributed by atoms with E-state index in [1.54, 1.807) is 0 Å². The molecule has 1 aliphatic carbocycles. The molecule has 1 unspecified atom stereocenters. The maximum atomic E-state index is 9.88. The maximum Gasteiger partial charge on any atom is 0.0642 e. The molecule has 164 valence electrons. The lowest BCUT2D eigenvalue weighted by molar-refractivity contribution is 0.110. The minimum absolute atomic E-state index is 0.0439. The summed E-state index contributed by atoms with van der Waals surface area (Å²) < 4.78 is 0. The van der Waals surface area contributed by atoms with Gasteiger partial charge >= 0.3 is 0 Å². The van der Waals surface area contributed by atoms with Crippen LogP contribution in [0.5, 0.6) is 0 Å². The summed E-state index contributed by atoms with van der Waals surface area (Å²) in [6, 6.07) is 6.43. The summed E-state index contributed by atoms with van der Waals surface area (Å²) in [5.41, 5.74) is 10.6. The van der Waals surface area contributed by atoms with Crippen molar-refractivity contribution in [3.05, 3.63) is 42.8 Å². The van der Waals surface area contributed by atoms with E-state index in [0.29, 0.717) is 11.2 Å². The Hall–Kier alpha value is -1.72. The first-order valence-electron chi connectivity index (χ1n) is 11.0. The van der Waals surface area contributed by atoms with Crippen molar-refractivity contribution in [2.24, 2.45) is 16.3 Å². The molecule has 0 aromatic heterocycles. The highest BCUT2D eigenvalue weighted by atomic mass is 32.2. The molecule has 0 radical (unpaired) electrons. The summed E-state index contributed by atoms with van der Waals surface area (Å²) in [5, 5.41) is 10.3. The number of hydrogen-bond acceptors (Lipinski definition) is 5. The third kappa shape index (κ3) is 5.92. The highest BCUT2D eigenvalue weighted by Crippen LogP contribution is 2.39. The number of hydrogen-bond donors (Lipinski definition) is 2. The normalized spacial score (nSPS) is 24.4. The quantitative estimate of drug-likeness (QED) is 0.545. The Labute approximate surface area is 186 Å². The number of rotatable bonds is 6. The van der Waals surface area contributed by atoms with Crippen LogP contribution >= 0.6 is 11.8 Å². The third-order valence-corrected chi connectivity index (χ3v) is 7.27. The van der Waals surface area contributed by atoms with Crippen molar-refractivity contribution >= 4 is 28.8 Å². The number of aliphatic hydroxyl groups excluding tert-OH is 1. The molecule has 4 nitrogen and oxygen atoms in total. The van der Waals surface area contributed by atoms with Crippen LogP contribution in [0.15, 0.2) is 52.6 Å². The van der Waals surface area contributed by atoms with Crippen LogP contribution in [0.1, 0.15) is 59.8 Å². The van der Waals surface area contributed by atoms with Crippen molar-refractivity contribution in [2.45, 2.75) is 76.0 Å². The van der Waals surface area contributed by atoms with Crippen molar-refractivity contribution in [3.8, 4) is 0 Å². The van der Waals surface area contributed by atoms with Crippen LogP contribution in [0.25, 0.3) is 0 Å². The van der Waals surface area contributed by atoms with Crippen LogP contribution in [0, 0.1) is 11.3 Å². The Bertz CT molecular complexity index is 816. The van der Waals surface area contributed by atoms with Crippen molar-refractivity contribution < 1.29 is 5.11 Å². The minimum atomic E-state index is -0.135. The lowest BCUT2D eigenvalue weighted by Crippen LogP contribution is -2.36. The van der Waals surface area contributed by atoms with Crippen molar-refractivity contribution in [1.82, 2.24) is 0 Å². The molecular formula is C25H37N3OS. The smallest absolute Gasteiger partial charge is 0.0642 e. The summed E-state index contributed by atoms with van der Waals surface area (Å²) in [6.07, 6.45) is 8.80. The second-order valence-electron chi connectivity index (χ2n) is 9.77. The van der Waals surface area contributed by atoms with E-state index in [-0.39, 0.29) is 11.5 Å². The molecule has 0 spiro atoms. The Morgan fingerprint density at radius 3 is 2.57 bits per heavy atom. The predicted molar refractivity (Wildman–Crippen MR) is 131 cm³/mol. The standard InChI is InChI=1S/C25H37N3OS/c1-17-14-22(12-13-27-17)30-21-10-11-24(23(26)15-21)28(18(2)25(3,4)5)16-19-6-8-20(29)9-7-19/h10-13,15,19-20,22,29H,2,6-9,14,16,26H2,1,3-5H3. The van der Waals surface area contributed by atoms with Gasteiger partial charge in [-0.2, -0.15) is 0 Å². The van der Waals surface area contributed by atoms with Gasteiger partial charge in [-0.05, 0) is 56.7 Å². The Morgan fingerprint density at radius 1 is 1.27 bits per heavy atom. The van der Waals surface area contributed by atoms with E-state index in [2.05, 4.69) is 68.4 Å². The fourth-order valence-corrected chi connectivity index (χ4v) is 5.29. The average Bonchev–Trinajstić information content (AvgIpc) is 2.67. The van der Waals surface area contributed by atoms with E-state index < -0.39 is 0 Å². The van der Waals surface area contributed by atoms with Crippen LogP contribution in [0.3, 0.4) is 0 Å². The molecule has 1 atom stereocenters. The number of nitrogens with zero attached hydrogens (tertiary/aromatic N) is 2. The fourth-order valence-electron chi connectivity index (χ4n) is 4.13. The molecule has 0 bridgehead atoms. The number of benzene rings is 1. The van der Waals surface area contributed by atoms with Gasteiger partial charge in [0.2, 0.25) is 0 Å². The summed E-state index contributed by atoms with van der Waals surface area (Å²) in [4.78, 5) is 7.85. The van der Waals surface area contributed by atoms with E-state index in [1.165, 1.54) is 10.6 Å². The van der Waals surface area contributed by atoms with Crippen LogP contribution in [-0.4, -0.2) is 28.7 Å². The van der Waals surface area contributed by atoms with E-state index in [1.807, 2.05) is 18.0 Å². The molecular weight excluding hydrogens is 390 g/mol. The fraction of sp³-hybridized carbons (Fsp3) is 0.560. The third-order valence-electron chi connectivity index (χ3n) is 6.12. The number of aliphatic hydroxyl groups is 1. The second-order valence-corrected chi connectivity index (χ2v) is 11.1. The van der Waals surface area contributed by atoms with Gasteiger partial charge in [-0.1, -0.05) is 33.4 Å². The highest BCUT2D eigenvalue weighted by molar-refractivity contribution is 8.00. The Balaban J connectivity index is 1.79. The van der Waals surface area contributed by atoms with Gasteiger partial charge in [-0.15, -0.1) is 11.8 Å². The number of nitrogen functional groups attached to an aromatic ring is 1. The van der Waals surface area contributed by atoms with Gasteiger partial charge in [0.15, 0.2) is 0 Å². The van der Waals surface area contributed by atoms with E-state index in [9.17, 15) is 5.11 Å². The van der Waals surface area contributed by atoms with Gasteiger partial charge in [-0.3, -0.25) is 4.99 Å². The summed E-state index contributed by atoms with van der Waals surface area (Å²) in [7, 11) is 0. The number of thioether (sulfide) groups is 1. The van der Waals surface area contributed by atoms with Gasteiger partial charge in [-0.25, -0.2) is 0 Å². The first-order chi connectivity index (χ1) is 14.1. The number of allylic oxidation sites excluding steroid dienone is 1. The van der Waals surface area contributed by atoms with Crippen LogP contribution in [0.4, 0.5) is 11.4 Å². The lowest BCUT2D eigenvalue weighted by Gasteiger charge is -2.39. The van der Waals surface area contributed by atoms with Crippen molar-refractivity contribution in [3.63, 3.8) is 0 Å². The number of aliphatic imine (C=N–C) groups is 1. The predicted octanol–water partition coefficient (Wildman–Crippen LogP) is 6.03. The van der Waals surface area contributed by atoms with Crippen molar-refractivity contribution in [2.75, 3.05) is 17.2 Å². The first kappa shape index (κ1) is 23.0. The second kappa shape index (κ2) is 9.61. The topological polar surface area (TPSA) is 61.8 Å². The van der Waals surface area contributed by atoms with Crippen LogP contribution in [-0.2, 0) is 0 Å². The van der Waals surface area contributed by atoms with Gasteiger partial charge in [0.05, 0.1) is 17.5 Å². The van der Waals surface area contributed by atoms with E-state index >= 15 is 0 Å². The lowest BCUT2D eigenvalue weighted by atomic mass is 9.85. The van der Waals surface area contributed by atoms with Crippen LogP contribution in [0.2, 0.25) is 0 Å². The van der Waals surface area contributed by atoms with E-state index in [0.717, 1.165) is 55.7 Å². The first-order valence-corrected chi connectivity index (χ1v) is 11.9. The maximum absolute atomic E-state index is 9.88. The van der Waals surface area contributed by atoms with Crippen molar-refractivity contribution in [1.29, 1.82) is 0 Å². The molecule has 3 N–H and O–H groups in total. The SMILES string of the molecule is C=C(N(CC1CCC(O)CC1)c1ccc(SC2C=CN=C(C)C2)cc1N)C(C)(C)C. The molecule has 30 heavy (non-hydrogen) atoms. The molecule has 0 saturated heterocycles. The molecule has 1 fully saturated rings. The molecule has 1 aromatic carbocycles. The summed E-state index contributed by atoms with van der Waals surface area (Å²) in [6.45, 7) is 14.0. The molecule has 0 amide bonds. The van der Waals surface area contributed by atoms with Crippen LogP contribution < -0.4 is 10.6 Å². The zero-order chi connectivity index (χ0) is 21.9. The molecule has 2 aliphatic rings. The average molecular weight is 428 g/mol.